The highest BCUT2D eigenvalue weighted by molar-refractivity contribution is 6.00. The van der Waals surface area contributed by atoms with E-state index in [9.17, 15) is 31.1 Å². The molecule has 2 aromatic carbocycles. The maximum atomic E-state index is 13.9. The number of hydrogen-bond acceptors (Lipinski definition) is 1. The second kappa shape index (κ2) is 6.39. The van der Waals surface area contributed by atoms with Crippen molar-refractivity contribution in [3.05, 3.63) is 71.3 Å². The molecule has 0 aliphatic heterocycles. The van der Waals surface area contributed by atoms with Gasteiger partial charge < -0.3 is 0 Å². The van der Waals surface area contributed by atoms with Crippen LogP contribution in [-0.2, 0) is 5.92 Å². The first-order valence-corrected chi connectivity index (χ1v) is 8.30. The molecule has 0 amide bonds. The zero-order valence-corrected chi connectivity index (χ0v) is 14.2. The second-order valence-electron chi connectivity index (χ2n) is 6.84. The summed E-state index contributed by atoms with van der Waals surface area (Å²) in [5, 5.41) is 0. The molecule has 1 nitrogen and oxygen atoms in total. The first kappa shape index (κ1) is 19.5. The molecule has 0 radical (unpaired) electrons. The second-order valence-corrected chi connectivity index (χ2v) is 6.84. The highest BCUT2D eigenvalue weighted by Gasteiger charge is 2.69. The number of carbonyl (C=O) groups is 1. The highest BCUT2D eigenvalue weighted by Crippen LogP contribution is 2.51. The van der Waals surface area contributed by atoms with E-state index in [1.54, 1.807) is 0 Å². The van der Waals surface area contributed by atoms with Crippen molar-refractivity contribution in [3.63, 3.8) is 0 Å². The maximum absolute atomic E-state index is 13.9. The average molecular weight is 386 g/mol. The summed E-state index contributed by atoms with van der Waals surface area (Å²) < 4.78 is 80.6. The van der Waals surface area contributed by atoms with Crippen LogP contribution in [0.15, 0.2) is 54.6 Å². The number of alkyl halides is 6. The van der Waals surface area contributed by atoms with Gasteiger partial charge in [0.05, 0.1) is 0 Å². The van der Waals surface area contributed by atoms with E-state index in [2.05, 4.69) is 0 Å². The van der Waals surface area contributed by atoms with Crippen LogP contribution in [0.4, 0.5) is 26.3 Å². The Hall–Kier alpha value is -2.31. The van der Waals surface area contributed by atoms with Crippen LogP contribution in [0.1, 0.15) is 40.7 Å². The molecule has 1 aliphatic rings. The zero-order chi connectivity index (χ0) is 20.0. The Morgan fingerprint density at radius 3 is 1.96 bits per heavy atom. The van der Waals surface area contributed by atoms with Gasteiger partial charge >= 0.3 is 17.8 Å². The predicted octanol–water partition coefficient (Wildman–Crippen LogP) is 6.06. The first-order chi connectivity index (χ1) is 12.5. The van der Waals surface area contributed by atoms with Gasteiger partial charge in [-0.3, -0.25) is 4.79 Å². The Morgan fingerprint density at radius 1 is 0.889 bits per heavy atom. The average Bonchev–Trinajstić information content (AvgIpc) is 3.41. The fraction of sp³-hybridized carbons (Fsp3) is 0.350. The van der Waals surface area contributed by atoms with Crippen LogP contribution in [0.2, 0.25) is 0 Å². The van der Waals surface area contributed by atoms with Crippen LogP contribution in [0.5, 0.6) is 0 Å². The molecule has 1 fully saturated rings. The number of benzene rings is 2. The minimum Gasteiger partial charge on any atom is -0.294 e. The lowest BCUT2D eigenvalue weighted by Gasteiger charge is -2.31. The Bertz CT molecular complexity index is 824. The molecule has 0 bridgehead atoms. The lowest BCUT2D eigenvalue weighted by atomic mass is 9.95. The van der Waals surface area contributed by atoms with Crippen LogP contribution in [-0.4, -0.2) is 17.6 Å². The van der Waals surface area contributed by atoms with Crippen LogP contribution < -0.4 is 0 Å². The van der Waals surface area contributed by atoms with E-state index in [0.717, 1.165) is 17.7 Å². The third-order valence-electron chi connectivity index (χ3n) is 4.83. The molecule has 1 saturated carbocycles. The third-order valence-corrected chi connectivity index (χ3v) is 4.83. The van der Waals surface area contributed by atoms with E-state index in [1.807, 2.05) is 30.3 Å². The molecule has 0 heterocycles. The highest BCUT2D eigenvalue weighted by atomic mass is 19.3. The zero-order valence-electron chi connectivity index (χ0n) is 14.2. The van der Waals surface area contributed by atoms with Crippen molar-refractivity contribution in [1.82, 2.24) is 0 Å². The normalized spacial score (nSPS) is 20.4. The molecule has 0 saturated heterocycles. The molecule has 0 aromatic heterocycles. The Labute approximate surface area is 152 Å². The summed E-state index contributed by atoms with van der Waals surface area (Å²) >= 11 is 0. The number of Topliss-reactive ketones (excluding diaryl/α,β-unsaturated/α-hetero) is 1. The summed E-state index contributed by atoms with van der Waals surface area (Å²) in [6.45, 7) is -0.254. The number of carbonyl (C=O) groups excluding carboxylic acids is 1. The van der Waals surface area contributed by atoms with Crippen molar-refractivity contribution in [2.24, 2.45) is 5.92 Å². The smallest absolute Gasteiger partial charge is 0.294 e. The standard InChI is InChI=1S/C20H16F6O/c1-18(21,22)20(25,26)19(23,24)14-9-7-13(8-10-14)17(27)16-11-15(16)12-5-3-2-4-6-12/h2-10,15-16H,11H2,1H3. The SMILES string of the molecule is CC(F)(F)C(F)(F)C(F)(F)c1ccc(C(=O)C2CC2c2ccccc2)cc1. The molecule has 0 N–H and O–H groups in total. The van der Waals surface area contributed by atoms with Crippen LogP contribution in [0, 0.1) is 5.92 Å². The molecule has 7 heteroatoms. The van der Waals surface area contributed by atoms with Gasteiger partial charge in [-0.2, -0.15) is 26.3 Å². The van der Waals surface area contributed by atoms with E-state index < -0.39 is 23.3 Å². The first-order valence-electron chi connectivity index (χ1n) is 8.30. The molecule has 1 aliphatic carbocycles. The van der Waals surface area contributed by atoms with Gasteiger partial charge in [0.2, 0.25) is 0 Å². The minimum atomic E-state index is -5.56. The molecular formula is C20H16F6O. The van der Waals surface area contributed by atoms with Crippen molar-refractivity contribution in [2.75, 3.05) is 0 Å². The van der Waals surface area contributed by atoms with Crippen LogP contribution in [0.3, 0.4) is 0 Å². The molecule has 2 aromatic rings. The maximum Gasteiger partial charge on any atom is 0.375 e. The van der Waals surface area contributed by atoms with E-state index in [0.29, 0.717) is 18.6 Å². The number of halogens is 6. The van der Waals surface area contributed by atoms with Crippen molar-refractivity contribution < 1.29 is 31.1 Å². The molecule has 144 valence electrons. The van der Waals surface area contributed by atoms with Crippen LogP contribution in [0.25, 0.3) is 0 Å². The van der Waals surface area contributed by atoms with Gasteiger partial charge in [-0.15, -0.1) is 0 Å². The summed E-state index contributed by atoms with van der Waals surface area (Å²) in [5.74, 6) is -16.1. The Balaban J connectivity index is 1.77. The van der Waals surface area contributed by atoms with Gasteiger partial charge in [0.1, 0.15) is 0 Å². The summed E-state index contributed by atoms with van der Waals surface area (Å²) in [6, 6.07) is 12.5. The Morgan fingerprint density at radius 2 is 1.44 bits per heavy atom. The minimum absolute atomic E-state index is 0.0305. The number of rotatable bonds is 6. The Kier molecular flexibility index (Phi) is 4.60. The fourth-order valence-electron chi connectivity index (χ4n) is 3.07. The topological polar surface area (TPSA) is 17.1 Å². The van der Waals surface area contributed by atoms with Crippen molar-refractivity contribution in [3.8, 4) is 0 Å². The van der Waals surface area contributed by atoms with E-state index >= 15 is 0 Å². The lowest BCUT2D eigenvalue weighted by Crippen LogP contribution is -2.50. The summed E-state index contributed by atoms with van der Waals surface area (Å²) in [5.41, 5.74) is -0.186. The van der Waals surface area contributed by atoms with E-state index in [1.165, 1.54) is 0 Å². The largest absolute Gasteiger partial charge is 0.375 e. The van der Waals surface area contributed by atoms with Crippen LogP contribution >= 0.6 is 0 Å². The van der Waals surface area contributed by atoms with E-state index in [4.69, 9.17) is 0 Å². The van der Waals surface area contributed by atoms with Gasteiger partial charge in [0.15, 0.2) is 5.78 Å². The van der Waals surface area contributed by atoms with Crippen molar-refractivity contribution in [2.45, 2.75) is 37.0 Å². The van der Waals surface area contributed by atoms with Crippen molar-refractivity contribution in [1.29, 1.82) is 0 Å². The van der Waals surface area contributed by atoms with Crippen molar-refractivity contribution >= 4 is 5.78 Å². The molecular weight excluding hydrogens is 370 g/mol. The monoisotopic (exact) mass is 386 g/mol. The number of ketones is 1. The summed E-state index contributed by atoms with van der Waals surface area (Å²) in [4.78, 5) is 12.5. The molecule has 3 rings (SSSR count). The van der Waals surface area contributed by atoms with Gasteiger partial charge in [0.25, 0.3) is 0 Å². The van der Waals surface area contributed by atoms with Gasteiger partial charge in [-0.1, -0.05) is 54.6 Å². The van der Waals surface area contributed by atoms with Gasteiger partial charge in [-0.05, 0) is 17.9 Å². The lowest BCUT2D eigenvalue weighted by molar-refractivity contribution is -0.308. The molecule has 2 unspecified atom stereocenters. The molecule has 27 heavy (non-hydrogen) atoms. The summed E-state index contributed by atoms with van der Waals surface area (Å²) in [6.07, 6.45) is 0.612. The predicted molar refractivity (Wildman–Crippen MR) is 87.5 cm³/mol. The number of hydrogen-bond donors (Lipinski definition) is 0. The third kappa shape index (κ3) is 3.35. The fourth-order valence-corrected chi connectivity index (χ4v) is 3.07. The molecule has 2 atom stereocenters. The molecule has 0 spiro atoms. The van der Waals surface area contributed by atoms with Gasteiger partial charge in [0, 0.05) is 24.0 Å². The van der Waals surface area contributed by atoms with Gasteiger partial charge in [-0.25, -0.2) is 0 Å². The quantitative estimate of drug-likeness (QED) is 0.436. The summed E-state index contributed by atoms with van der Waals surface area (Å²) in [7, 11) is 0. The van der Waals surface area contributed by atoms with E-state index in [-0.39, 0.29) is 30.1 Å².